The molecule has 140 valence electrons. The zero-order valence-electron chi connectivity index (χ0n) is 15.2. The minimum absolute atomic E-state index is 0.0418. The summed E-state index contributed by atoms with van der Waals surface area (Å²) >= 11 is 0. The first-order chi connectivity index (χ1) is 13.1. The van der Waals surface area contributed by atoms with Crippen LogP contribution in [0.5, 0.6) is 5.88 Å². The lowest BCUT2D eigenvalue weighted by Crippen LogP contribution is -2.46. The first kappa shape index (κ1) is 17.5. The number of ether oxygens (including phenoxy) is 1. The highest BCUT2D eigenvalue weighted by molar-refractivity contribution is 6.05. The highest BCUT2D eigenvalue weighted by atomic mass is 19.1. The minimum Gasteiger partial charge on any atom is -0.477 e. The molecular weight excluding hydrogens is 345 g/mol. The van der Waals surface area contributed by atoms with Gasteiger partial charge in [0.05, 0.1) is 23.9 Å². The number of halogens is 1. The van der Waals surface area contributed by atoms with E-state index in [9.17, 15) is 9.18 Å². The van der Waals surface area contributed by atoms with E-state index in [-0.39, 0.29) is 23.7 Å². The van der Waals surface area contributed by atoms with Gasteiger partial charge in [-0.25, -0.2) is 9.37 Å². The Kier molecular flexibility index (Phi) is 4.79. The van der Waals surface area contributed by atoms with Crippen LogP contribution in [-0.2, 0) is 0 Å². The van der Waals surface area contributed by atoms with Crippen molar-refractivity contribution in [1.82, 2.24) is 14.9 Å². The summed E-state index contributed by atoms with van der Waals surface area (Å²) in [5.74, 6) is 0.285. The lowest BCUT2D eigenvalue weighted by atomic mass is 9.93. The van der Waals surface area contributed by atoms with Gasteiger partial charge in [-0.05, 0) is 38.0 Å². The number of hydrogen-bond donors (Lipinski definition) is 1. The van der Waals surface area contributed by atoms with Gasteiger partial charge in [0.15, 0.2) is 0 Å². The maximum Gasteiger partial charge on any atom is 0.256 e. The SMILES string of the molecule is CC1CCC(COc2ccc(F)cn2)CN1C(=O)c1cccc2cc[nH]c12. The molecule has 0 aliphatic carbocycles. The second-order valence-corrected chi connectivity index (χ2v) is 7.12. The van der Waals surface area contributed by atoms with E-state index in [1.807, 2.05) is 35.4 Å². The molecule has 0 radical (unpaired) electrons. The number of benzene rings is 1. The molecule has 1 fully saturated rings. The molecule has 3 aromatic rings. The van der Waals surface area contributed by atoms with Gasteiger partial charge in [-0.1, -0.05) is 12.1 Å². The van der Waals surface area contributed by atoms with Gasteiger partial charge in [0.25, 0.3) is 5.91 Å². The maximum atomic E-state index is 13.2. The number of nitrogens with one attached hydrogen (secondary N) is 1. The molecule has 2 unspecified atom stereocenters. The topological polar surface area (TPSA) is 58.2 Å². The molecule has 1 N–H and O–H groups in total. The molecule has 0 bridgehead atoms. The van der Waals surface area contributed by atoms with Crippen LogP contribution in [0.1, 0.15) is 30.1 Å². The summed E-state index contributed by atoms with van der Waals surface area (Å²) in [6.07, 6.45) is 4.91. The van der Waals surface area contributed by atoms with E-state index >= 15 is 0 Å². The number of nitrogens with zero attached hydrogens (tertiary/aromatic N) is 2. The Labute approximate surface area is 157 Å². The van der Waals surface area contributed by atoms with Gasteiger partial charge in [0.2, 0.25) is 5.88 Å². The van der Waals surface area contributed by atoms with Crippen LogP contribution in [0.25, 0.3) is 10.9 Å². The van der Waals surface area contributed by atoms with Crippen molar-refractivity contribution in [3.05, 3.63) is 60.2 Å². The van der Waals surface area contributed by atoms with Gasteiger partial charge in [-0.3, -0.25) is 4.79 Å². The van der Waals surface area contributed by atoms with Crippen molar-refractivity contribution in [1.29, 1.82) is 0 Å². The molecule has 2 atom stereocenters. The molecule has 1 aliphatic heterocycles. The Morgan fingerprint density at radius 3 is 3.00 bits per heavy atom. The maximum absolute atomic E-state index is 13.2. The van der Waals surface area contributed by atoms with E-state index in [0.717, 1.165) is 29.9 Å². The number of pyridine rings is 1. The molecule has 5 nitrogen and oxygen atoms in total. The Bertz CT molecular complexity index is 938. The second-order valence-electron chi connectivity index (χ2n) is 7.12. The smallest absolute Gasteiger partial charge is 0.256 e. The van der Waals surface area contributed by atoms with E-state index < -0.39 is 0 Å². The molecule has 0 saturated carbocycles. The van der Waals surface area contributed by atoms with Crippen molar-refractivity contribution in [2.24, 2.45) is 5.92 Å². The number of rotatable bonds is 4. The van der Waals surface area contributed by atoms with Crippen molar-refractivity contribution in [3.8, 4) is 5.88 Å². The Hall–Kier alpha value is -2.89. The number of amides is 1. The molecule has 3 heterocycles. The van der Waals surface area contributed by atoms with Crippen molar-refractivity contribution in [3.63, 3.8) is 0 Å². The number of piperidine rings is 1. The average Bonchev–Trinajstić information content (AvgIpc) is 3.17. The third kappa shape index (κ3) is 3.65. The van der Waals surface area contributed by atoms with E-state index in [4.69, 9.17) is 4.74 Å². The van der Waals surface area contributed by atoms with Crippen LogP contribution in [0.3, 0.4) is 0 Å². The molecule has 1 aromatic carbocycles. The molecule has 4 rings (SSSR count). The third-order valence-corrected chi connectivity index (χ3v) is 5.23. The number of carbonyl (C=O) groups is 1. The van der Waals surface area contributed by atoms with Crippen LogP contribution in [-0.4, -0.2) is 40.0 Å². The fourth-order valence-corrected chi connectivity index (χ4v) is 3.67. The zero-order chi connectivity index (χ0) is 18.8. The van der Waals surface area contributed by atoms with Crippen molar-refractivity contribution < 1.29 is 13.9 Å². The Balaban J connectivity index is 1.46. The van der Waals surface area contributed by atoms with Gasteiger partial charge in [0.1, 0.15) is 5.82 Å². The second kappa shape index (κ2) is 7.39. The highest BCUT2D eigenvalue weighted by Gasteiger charge is 2.30. The molecule has 1 saturated heterocycles. The lowest BCUT2D eigenvalue weighted by Gasteiger charge is -2.38. The zero-order valence-corrected chi connectivity index (χ0v) is 15.2. The summed E-state index contributed by atoms with van der Waals surface area (Å²) in [5.41, 5.74) is 1.58. The van der Waals surface area contributed by atoms with Gasteiger partial charge in [0, 0.05) is 36.2 Å². The number of fused-ring (bicyclic) bond motifs is 1. The van der Waals surface area contributed by atoms with Gasteiger partial charge in [-0.15, -0.1) is 0 Å². The van der Waals surface area contributed by atoms with E-state index in [0.29, 0.717) is 24.6 Å². The number of hydrogen-bond acceptors (Lipinski definition) is 3. The van der Waals surface area contributed by atoms with Crippen LogP contribution in [0.2, 0.25) is 0 Å². The fourth-order valence-electron chi connectivity index (χ4n) is 3.67. The first-order valence-electron chi connectivity index (χ1n) is 9.23. The van der Waals surface area contributed by atoms with Crippen molar-refractivity contribution in [2.45, 2.75) is 25.8 Å². The monoisotopic (exact) mass is 367 g/mol. The number of para-hydroxylation sites is 1. The molecular formula is C21H22FN3O2. The van der Waals surface area contributed by atoms with Crippen molar-refractivity contribution >= 4 is 16.8 Å². The summed E-state index contributed by atoms with van der Waals surface area (Å²) in [4.78, 5) is 22.2. The van der Waals surface area contributed by atoms with Gasteiger partial charge in [-0.2, -0.15) is 0 Å². The number of carbonyl (C=O) groups excluding carboxylic acids is 1. The van der Waals surface area contributed by atoms with Gasteiger partial charge >= 0.3 is 0 Å². The molecule has 2 aromatic heterocycles. The van der Waals surface area contributed by atoms with Gasteiger partial charge < -0.3 is 14.6 Å². The van der Waals surface area contributed by atoms with E-state index in [2.05, 4.69) is 16.9 Å². The summed E-state index contributed by atoms with van der Waals surface area (Å²) < 4.78 is 18.7. The molecule has 6 heteroatoms. The van der Waals surface area contributed by atoms with Crippen molar-refractivity contribution in [2.75, 3.05) is 13.2 Å². The molecule has 27 heavy (non-hydrogen) atoms. The first-order valence-corrected chi connectivity index (χ1v) is 9.23. The summed E-state index contributed by atoms with van der Waals surface area (Å²) in [6.45, 7) is 3.19. The number of likely N-dealkylation sites (tertiary alicyclic amines) is 1. The molecule has 0 spiro atoms. The fraction of sp³-hybridized carbons (Fsp3) is 0.333. The third-order valence-electron chi connectivity index (χ3n) is 5.23. The number of aromatic amines is 1. The normalized spacial score (nSPS) is 20.0. The lowest BCUT2D eigenvalue weighted by molar-refractivity contribution is 0.0504. The molecule has 1 amide bonds. The standard InChI is InChI=1S/C21H22FN3O2/c1-14-5-6-15(13-27-19-8-7-17(22)11-24-19)12-25(14)21(26)18-4-2-3-16-9-10-23-20(16)18/h2-4,7-11,14-15,23H,5-6,12-13H2,1H3. The van der Waals surface area contributed by atoms with Crippen LogP contribution in [0.15, 0.2) is 48.8 Å². The van der Waals surface area contributed by atoms with Crippen LogP contribution in [0, 0.1) is 11.7 Å². The van der Waals surface area contributed by atoms with Crippen LogP contribution >= 0.6 is 0 Å². The number of aromatic nitrogens is 2. The summed E-state index contributed by atoms with van der Waals surface area (Å²) in [6, 6.07) is 10.8. The minimum atomic E-state index is -0.385. The summed E-state index contributed by atoms with van der Waals surface area (Å²) in [5, 5.41) is 1.03. The Morgan fingerprint density at radius 1 is 1.30 bits per heavy atom. The quantitative estimate of drug-likeness (QED) is 0.758. The average molecular weight is 367 g/mol. The Morgan fingerprint density at radius 2 is 2.19 bits per heavy atom. The summed E-state index contributed by atoms with van der Waals surface area (Å²) in [7, 11) is 0. The largest absolute Gasteiger partial charge is 0.477 e. The highest BCUT2D eigenvalue weighted by Crippen LogP contribution is 2.26. The predicted molar refractivity (Wildman–Crippen MR) is 101 cm³/mol. The van der Waals surface area contributed by atoms with E-state index in [1.165, 1.54) is 12.1 Å². The van der Waals surface area contributed by atoms with Crippen LogP contribution in [0.4, 0.5) is 4.39 Å². The van der Waals surface area contributed by atoms with E-state index in [1.54, 1.807) is 0 Å². The molecule has 1 aliphatic rings. The predicted octanol–water partition coefficient (Wildman–Crippen LogP) is 4.02. The number of H-pyrrole nitrogens is 1. The van der Waals surface area contributed by atoms with Crippen LogP contribution < -0.4 is 4.74 Å².